The standard InChI is InChI=1S/C17H18N4.C17H19N3O2.C17H21N3O.C2H6O.Al.K.Li.H2O4S.H2O.4H/c1-20-10-11-21(17-15(12-18)8-5-9-19-17)16(13-20)14-6-3-2-4-7-14;1-19-10-11-20(15(12-19)13-6-3-2-4-7-13)16-14(17(21)22)8-5-9-18-16;1-19-10-11-20(17-15(13-21)8-5-9-18-17)16(12-19)14-6-3-2-4-7-14;1-2-3;;;;1-5(2,3)4;;;;;/h2-9,16H,10-11,13H2,1H3;2-9,15H,10-12H2,1H3,(H,21,22);2-9,16,21H,10-13H2,1H3;3H,2H2,1H3;;;;(H2,1,2,3,4);1H2;;;;/q;;;;;2*+1;;;;;;-1/p-1. The number of aliphatic hydroxyl groups is 2. The van der Waals surface area contributed by atoms with Crippen molar-refractivity contribution in [2.45, 2.75) is 31.7 Å². The summed E-state index contributed by atoms with van der Waals surface area (Å²) in [7, 11) is 1.71. The smallest absolute Gasteiger partial charge is 1.00 e. The maximum Gasteiger partial charge on any atom is 1.00 e. The summed E-state index contributed by atoms with van der Waals surface area (Å²) < 4.78 is 31.6. The molecule has 3 atom stereocenters. The largest absolute Gasteiger partial charge is 1.00 e. The maximum absolute atomic E-state index is 11.5. The molecule has 3 aromatic heterocycles. The monoisotopic (exact) mass is 1100 g/mol. The Morgan fingerprint density at radius 1 is 0.605 bits per heavy atom. The number of aromatic carboxylic acids is 1. The van der Waals surface area contributed by atoms with Gasteiger partial charge in [0.1, 0.15) is 29.1 Å². The van der Waals surface area contributed by atoms with Gasteiger partial charge in [0.25, 0.3) is 0 Å². The predicted molar refractivity (Wildman–Crippen MR) is 292 cm³/mol. The number of piperazine rings is 3. The third-order valence-corrected chi connectivity index (χ3v) is 12.1. The van der Waals surface area contributed by atoms with Gasteiger partial charge in [0, 0.05) is 89.7 Å². The second-order valence-corrected chi connectivity index (χ2v) is 18.1. The minimum Gasteiger partial charge on any atom is -1.00 e. The number of hydrogen-bond acceptors (Lipinski definition) is 16. The van der Waals surface area contributed by atoms with Crippen molar-refractivity contribution in [2.75, 3.05) is 101 Å². The Morgan fingerprint density at radius 3 is 1.30 bits per heavy atom. The summed E-state index contributed by atoms with van der Waals surface area (Å²) in [6, 6.07) is 44.8. The van der Waals surface area contributed by atoms with Crippen LogP contribution in [0.3, 0.4) is 0 Å². The van der Waals surface area contributed by atoms with Gasteiger partial charge in [-0.3, -0.25) is 9.11 Å². The van der Waals surface area contributed by atoms with Gasteiger partial charge >= 0.3 is 86.6 Å². The number of benzene rings is 3. The van der Waals surface area contributed by atoms with Gasteiger partial charge in [-0.25, -0.2) is 19.7 Å². The van der Waals surface area contributed by atoms with Crippen LogP contribution in [0.4, 0.5) is 17.5 Å². The van der Waals surface area contributed by atoms with E-state index in [9.17, 15) is 20.3 Å². The first-order valence-electron chi connectivity index (χ1n) is 23.6. The van der Waals surface area contributed by atoms with Crippen LogP contribution in [-0.2, 0) is 17.0 Å². The Labute approximate surface area is 514 Å². The molecule has 3 aromatic carbocycles. The summed E-state index contributed by atoms with van der Waals surface area (Å²) in [5, 5.41) is 35.9. The fraction of sp³-hybridized carbons (Fsp3) is 0.340. The van der Waals surface area contributed by atoms with E-state index in [0.717, 1.165) is 76.1 Å². The van der Waals surface area contributed by atoms with Gasteiger partial charge in [0.2, 0.25) is 0 Å². The zero-order valence-corrected chi connectivity index (χ0v) is 47.6. The molecule has 76 heavy (non-hydrogen) atoms. The molecule has 3 fully saturated rings. The average Bonchev–Trinajstić information content (AvgIpc) is 3.39. The maximum atomic E-state index is 11.5. The Morgan fingerprint density at radius 2 is 0.934 bits per heavy atom. The SMILES string of the molecule is CCO.CN1CCN(c2ncccc2C#N)C(c2ccccc2)C1.CN1CCN(c2ncccc2C(=O)O)C(c2ccccc2)C1.CN1CCN(c2ncccc2CO)C(c2ccccc2)C1.O=S(=O)(O)O.[AlH3].[H-].[K+].[Li+].[OH-]. The van der Waals surface area contributed by atoms with Crippen LogP contribution in [0.1, 0.15) is 64.7 Å². The summed E-state index contributed by atoms with van der Waals surface area (Å²) in [5.74, 6) is 1.31. The van der Waals surface area contributed by atoms with Crippen LogP contribution < -0.4 is 84.9 Å². The van der Waals surface area contributed by atoms with Crippen LogP contribution in [0.15, 0.2) is 146 Å². The molecule has 0 amide bonds. The Hall–Kier alpha value is -4.13. The van der Waals surface area contributed by atoms with E-state index >= 15 is 0 Å². The first-order chi connectivity index (χ1) is 34.7. The number of pyridine rings is 3. The van der Waals surface area contributed by atoms with Crippen molar-refractivity contribution in [3.05, 3.63) is 179 Å². The summed E-state index contributed by atoms with van der Waals surface area (Å²) in [5.41, 5.74) is 5.52. The number of nitriles is 1. The zero-order chi connectivity index (χ0) is 52.0. The molecule has 0 spiro atoms. The molecule has 3 saturated heterocycles. The van der Waals surface area contributed by atoms with Crippen molar-refractivity contribution in [3.63, 3.8) is 0 Å². The second kappa shape index (κ2) is 36.1. The molecule has 6 heterocycles. The molecule has 0 saturated carbocycles. The Balaban J connectivity index is 0.00000102. The van der Waals surface area contributed by atoms with E-state index in [-0.39, 0.29) is 131 Å². The average molecular weight is 1100 g/mol. The minimum atomic E-state index is -4.67. The molecule has 3 aliphatic heterocycles. The number of aliphatic hydroxyl groups excluding tert-OH is 2. The van der Waals surface area contributed by atoms with Crippen molar-refractivity contribution in [1.82, 2.24) is 29.7 Å². The number of anilines is 3. The molecular weight excluding hydrogens is 1030 g/mol. The molecule has 0 aliphatic carbocycles. The van der Waals surface area contributed by atoms with Crippen LogP contribution in [0, 0.1) is 11.3 Å². The van der Waals surface area contributed by atoms with Crippen LogP contribution >= 0.6 is 0 Å². The second-order valence-electron chi connectivity index (χ2n) is 17.2. The van der Waals surface area contributed by atoms with Crippen molar-refractivity contribution in [3.8, 4) is 6.07 Å². The molecule has 0 bridgehead atoms. The summed E-state index contributed by atoms with van der Waals surface area (Å²) in [6.07, 6.45) is 5.22. The van der Waals surface area contributed by atoms with Gasteiger partial charge in [-0.05, 0) is 75.1 Å². The number of carboxylic acids is 1. The van der Waals surface area contributed by atoms with Crippen LogP contribution in [0.2, 0.25) is 0 Å². The zero-order valence-electron chi connectivity index (χ0n) is 44.7. The van der Waals surface area contributed by atoms with Crippen molar-refractivity contribution < 1.29 is 115 Å². The molecule has 23 heteroatoms. The topological polar surface area (TPSA) is 264 Å². The summed E-state index contributed by atoms with van der Waals surface area (Å²) >= 11 is 0. The molecule has 9 rings (SSSR count). The molecule has 6 N–H and O–H groups in total. The van der Waals surface area contributed by atoms with Gasteiger partial charge in [-0.15, -0.1) is 0 Å². The normalized spacial score (nSPS) is 17.3. The van der Waals surface area contributed by atoms with E-state index in [4.69, 9.17) is 22.6 Å². The summed E-state index contributed by atoms with van der Waals surface area (Å²) in [6.45, 7) is 10.1. The summed E-state index contributed by atoms with van der Waals surface area (Å²) in [4.78, 5) is 38.4. The van der Waals surface area contributed by atoms with Gasteiger partial charge in [-0.2, -0.15) is 13.7 Å². The first kappa shape index (κ1) is 69.9. The molecule has 6 aromatic rings. The van der Waals surface area contributed by atoms with Crippen LogP contribution in [0.5, 0.6) is 0 Å². The molecule has 3 aliphatic rings. The van der Waals surface area contributed by atoms with E-state index in [1.165, 1.54) is 16.7 Å². The van der Waals surface area contributed by atoms with Crippen molar-refractivity contribution >= 4 is 51.2 Å². The van der Waals surface area contributed by atoms with Crippen LogP contribution in [0.25, 0.3) is 0 Å². The number of carboxylic acid groups (broad SMARTS) is 1. The fourth-order valence-corrected chi connectivity index (χ4v) is 8.72. The first-order valence-corrected chi connectivity index (χ1v) is 25.0. The van der Waals surface area contributed by atoms with Gasteiger partial charge in [-0.1, -0.05) is 97.1 Å². The van der Waals surface area contributed by atoms with E-state index in [1.807, 2.05) is 54.6 Å². The quantitative estimate of drug-likeness (QED) is 0.0894. The third-order valence-electron chi connectivity index (χ3n) is 12.1. The number of nitrogens with zero attached hydrogens (tertiary/aromatic N) is 10. The van der Waals surface area contributed by atoms with Crippen molar-refractivity contribution in [1.29, 1.82) is 5.26 Å². The van der Waals surface area contributed by atoms with Crippen molar-refractivity contribution in [2.24, 2.45) is 0 Å². The Kier molecular flexibility index (Phi) is 33.2. The Bertz CT molecular complexity index is 2750. The van der Waals surface area contributed by atoms with E-state index in [0.29, 0.717) is 11.4 Å². The minimum absolute atomic E-state index is 0. The number of rotatable bonds is 8. The number of aromatic nitrogens is 3. The van der Waals surface area contributed by atoms with E-state index in [1.54, 1.807) is 37.6 Å². The van der Waals surface area contributed by atoms with Gasteiger partial charge < -0.3 is 51.6 Å². The number of likely N-dealkylation sites (N-methyl/N-ethyl adjacent to an activating group) is 3. The van der Waals surface area contributed by atoms with Gasteiger partial charge in [0.15, 0.2) is 17.4 Å². The molecule has 3 unspecified atom stereocenters. The molecule has 19 nitrogen and oxygen atoms in total. The number of carbonyl (C=O) groups is 1. The van der Waals surface area contributed by atoms with Crippen LogP contribution in [-0.4, -0.2) is 178 Å². The van der Waals surface area contributed by atoms with E-state index < -0.39 is 16.4 Å². The fourth-order valence-electron chi connectivity index (χ4n) is 8.72. The van der Waals surface area contributed by atoms with Gasteiger partial charge in [0.05, 0.1) is 30.3 Å². The van der Waals surface area contributed by atoms with E-state index in [2.05, 4.69) is 132 Å². The molecule has 398 valence electrons. The predicted octanol–water partition coefficient (Wildman–Crippen LogP) is -1.11. The number of hydrogen-bond donors (Lipinski definition) is 5. The third kappa shape index (κ3) is 21.6. The molecule has 0 radical (unpaired) electrons. The molecular formula is C53H71AlKLiN10O9S.